The topological polar surface area (TPSA) is 40.5 Å². The number of unbranched alkanes of at least 4 members (excludes halogenated alkanes) is 3. The third kappa shape index (κ3) is 7.38. The second-order valence-electron chi connectivity index (χ2n) is 2.61. The van der Waals surface area contributed by atoms with Crippen LogP contribution in [0.1, 0.15) is 32.1 Å². The van der Waals surface area contributed by atoms with Crippen LogP contribution in [0.2, 0.25) is 0 Å². The summed E-state index contributed by atoms with van der Waals surface area (Å²) in [6, 6.07) is 0. The summed E-state index contributed by atoms with van der Waals surface area (Å²) in [4.78, 5) is 0. The van der Waals surface area contributed by atoms with Crippen molar-refractivity contribution in [2.75, 3.05) is 6.61 Å². The minimum Gasteiger partial charge on any atom is -0.396 e. The lowest BCUT2D eigenvalue weighted by Crippen LogP contribution is -2.01. The zero-order valence-corrected chi connectivity index (χ0v) is 6.79. The quantitative estimate of drug-likeness (QED) is 0.443. The maximum atomic E-state index is 8.93. The van der Waals surface area contributed by atoms with E-state index in [9.17, 15) is 0 Å². The summed E-state index contributed by atoms with van der Waals surface area (Å²) in [6.07, 6.45) is 8.94. The molecule has 0 fully saturated rings. The first-order chi connectivity index (χ1) is 5.31. The van der Waals surface area contributed by atoms with Crippen LogP contribution in [-0.2, 0) is 0 Å². The fourth-order valence-electron chi connectivity index (χ4n) is 0.886. The lowest BCUT2D eigenvalue weighted by molar-refractivity contribution is 0.216. The Bertz CT molecular complexity index is 115. The van der Waals surface area contributed by atoms with Gasteiger partial charge in [0.15, 0.2) is 0 Å². The van der Waals surface area contributed by atoms with Crippen LogP contribution in [0.25, 0.3) is 0 Å². The van der Waals surface area contributed by atoms with Crippen molar-refractivity contribution in [1.82, 2.24) is 0 Å². The van der Waals surface area contributed by atoms with Gasteiger partial charge in [0, 0.05) is 6.61 Å². The van der Waals surface area contributed by atoms with E-state index in [2.05, 4.69) is 5.92 Å². The van der Waals surface area contributed by atoms with Gasteiger partial charge in [0.05, 0.1) is 0 Å². The van der Waals surface area contributed by atoms with Gasteiger partial charge in [0.1, 0.15) is 6.10 Å². The third-order valence-corrected chi connectivity index (χ3v) is 1.58. The first-order valence-electron chi connectivity index (χ1n) is 4.06. The fraction of sp³-hybridized carbons (Fsp3) is 0.778. The van der Waals surface area contributed by atoms with Crippen molar-refractivity contribution in [3.63, 3.8) is 0 Å². The molecule has 0 spiro atoms. The number of hydrogen-bond donors (Lipinski definition) is 2. The molecule has 0 bridgehead atoms. The smallest absolute Gasteiger partial charge is 0.114 e. The van der Waals surface area contributed by atoms with E-state index in [0.717, 1.165) is 25.7 Å². The third-order valence-electron chi connectivity index (χ3n) is 1.58. The van der Waals surface area contributed by atoms with Crippen molar-refractivity contribution in [1.29, 1.82) is 0 Å². The second kappa shape index (κ2) is 7.59. The highest BCUT2D eigenvalue weighted by atomic mass is 16.3. The minimum absolute atomic E-state index is 0.262. The monoisotopic (exact) mass is 156 g/mol. The van der Waals surface area contributed by atoms with Crippen molar-refractivity contribution in [2.45, 2.75) is 38.2 Å². The van der Waals surface area contributed by atoms with Crippen molar-refractivity contribution >= 4 is 0 Å². The van der Waals surface area contributed by atoms with E-state index in [4.69, 9.17) is 16.6 Å². The normalized spacial score (nSPS) is 12.5. The van der Waals surface area contributed by atoms with Gasteiger partial charge in [-0.15, -0.1) is 6.42 Å². The van der Waals surface area contributed by atoms with Crippen molar-refractivity contribution < 1.29 is 10.2 Å². The molecule has 0 aliphatic rings. The van der Waals surface area contributed by atoms with Crippen LogP contribution < -0.4 is 0 Å². The number of terminal acetylenes is 1. The molecule has 0 aliphatic carbocycles. The van der Waals surface area contributed by atoms with Crippen LogP contribution in [-0.4, -0.2) is 22.9 Å². The molecule has 0 heterocycles. The molecule has 2 N–H and O–H groups in total. The van der Waals surface area contributed by atoms with Gasteiger partial charge in [-0.2, -0.15) is 0 Å². The molecule has 0 aromatic heterocycles. The van der Waals surface area contributed by atoms with Gasteiger partial charge in [-0.25, -0.2) is 0 Å². The van der Waals surface area contributed by atoms with Gasteiger partial charge in [-0.05, 0) is 19.3 Å². The van der Waals surface area contributed by atoms with E-state index in [0.29, 0.717) is 6.42 Å². The summed E-state index contributed by atoms with van der Waals surface area (Å²) in [5.41, 5.74) is 0. The molecule has 0 aromatic carbocycles. The zero-order chi connectivity index (χ0) is 8.53. The molecule has 0 rings (SSSR count). The average molecular weight is 156 g/mol. The van der Waals surface area contributed by atoms with Crippen LogP contribution in [0.4, 0.5) is 0 Å². The maximum Gasteiger partial charge on any atom is 0.114 e. The summed E-state index contributed by atoms with van der Waals surface area (Å²) in [5, 5.41) is 17.4. The first-order valence-corrected chi connectivity index (χ1v) is 4.06. The molecule has 64 valence electrons. The van der Waals surface area contributed by atoms with Crippen LogP contribution in [0, 0.1) is 12.3 Å². The van der Waals surface area contributed by atoms with Crippen LogP contribution >= 0.6 is 0 Å². The SMILES string of the molecule is C#CC(O)CCCCCCO. The predicted molar refractivity (Wildman–Crippen MR) is 45.0 cm³/mol. The largest absolute Gasteiger partial charge is 0.396 e. The Morgan fingerprint density at radius 1 is 1.18 bits per heavy atom. The Morgan fingerprint density at radius 3 is 2.36 bits per heavy atom. The molecule has 0 amide bonds. The van der Waals surface area contributed by atoms with E-state index in [1.54, 1.807) is 0 Å². The number of hydrogen-bond acceptors (Lipinski definition) is 2. The van der Waals surface area contributed by atoms with Gasteiger partial charge >= 0.3 is 0 Å². The minimum atomic E-state index is -0.580. The average Bonchev–Trinajstić information content (AvgIpc) is 2.04. The molecule has 1 unspecified atom stereocenters. The predicted octanol–water partition coefficient (Wildman–Crippen LogP) is 0.923. The molecule has 2 heteroatoms. The molecular weight excluding hydrogens is 140 g/mol. The van der Waals surface area contributed by atoms with Crippen molar-refractivity contribution in [3.05, 3.63) is 0 Å². The van der Waals surface area contributed by atoms with E-state index in [1.165, 1.54) is 0 Å². The number of aliphatic hydroxyl groups is 2. The Morgan fingerprint density at radius 2 is 1.82 bits per heavy atom. The molecule has 0 aromatic rings. The maximum absolute atomic E-state index is 8.93. The molecule has 2 nitrogen and oxygen atoms in total. The highest BCUT2D eigenvalue weighted by Crippen LogP contribution is 2.04. The van der Waals surface area contributed by atoms with E-state index in [1.807, 2.05) is 0 Å². The van der Waals surface area contributed by atoms with E-state index in [-0.39, 0.29) is 6.61 Å². The van der Waals surface area contributed by atoms with Gasteiger partial charge in [0.2, 0.25) is 0 Å². The fourth-order valence-corrected chi connectivity index (χ4v) is 0.886. The summed E-state index contributed by atoms with van der Waals surface area (Å²) in [6.45, 7) is 0.262. The van der Waals surface area contributed by atoms with Crippen molar-refractivity contribution in [2.24, 2.45) is 0 Å². The van der Waals surface area contributed by atoms with Gasteiger partial charge in [0.25, 0.3) is 0 Å². The molecule has 0 radical (unpaired) electrons. The Kier molecular flexibility index (Phi) is 7.23. The summed E-state index contributed by atoms with van der Waals surface area (Å²) in [7, 11) is 0. The highest BCUT2D eigenvalue weighted by Gasteiger charge is 1.96. The van der Waals surface area contributed by atoms with Gasteiger partial charge in [-0.1, -0.05) is 18.8 Å². The molecule has 0 saturated carbocycles. The van der Waals surface area contributed by atoms with Gasteiger partial charge in [-0.3, -0.25) is 0 Å². The standard InChI is InChI=1S/C9H16O2/c1-2-9(11)7-5-3-4-6-8-10/h1,9-11H,3-8H2. The summed E-state index contributed by atoms with van der Waals surface area (Å²) >= 11 is 0. The van der Waals surface area contributed by atoms with E-state index < -0.39 is 6.10 Å². The molecule has 11 heavy (non-hydrogen) atoms. The first kappa shape index (κ1) is 10.5. The number of rotatable bonds is 6. The molecule has 0 saturated heterocycles. The number of aliphatic hydroxyl groups excluding tert-OH is 2. The molecule has 1 atom stereocenters. The lowest BCUT2D eigenvalue weighted by atomic mass is 10.1. The summed E-state index contributed by atoms with van der Waals surface area (Å²) < 4.78 is 0. The molecular formula is C9H16O2. The van der Waals surface area contributed by atoms with Gasteiger partial charge < -0.3 is 10.2 Å². The van der Waals surface area contributed by atoms with Crippen molar-refractivity contribution in [3.8, 4) is 12.3 Å². The lowest BCUT2D eigenvalue weighted by Gasteiger charge is -2.01. The Hall–Kier alpha value is -0.520. The molecule has 0 aliphatic heterocycles. The highest BCUT2D eigenvalue weighted by molar-refractivity contribution is 4.92. The Labute approximate surface area is 68.2 Å². The van der Waals surface area contributed by atoms with Crippen LogP contribution in [0.3, 0.4) is 0 Å². The second-order valence-corrected chi connectivity index (χ2v) is 2.61. The van der Waals surface area contributed by atoms with Crippen LogP contribution in [0.5, 0.6) is 0 Å². The zero-order valence-electron chi connectivity index (χ0n) is 6.79. The Balaban J connectivity index is 2.97. The summed E-state index contributed by atoms with van der Waals surface area (Å²) in [5.74, 6) is 2.26. The van der Waals surface area contributed by atoms with E-state index >= 15 is 0 Å². The van der Waals surface area contributed by atoms with Crippen LogP contribution in [0.15, 0.2) is 0 Å².